The molecule has 0 aliphatic heterocycles. The molecule has 0 bridgehead atoms. The summed E-state index contributed by atoms with van der Waals surface area (Å²) in [6.45, 7) is 6.56. The second-order valence-corrected chi connectivity index (χ2v) is 10.5. The normalized spacial score (nSPS) is 10.8. The Morgan fingerprint density at radius 3 is 1.29 bits per heavy atom. The molecule has 1 heteroatoms. The predicted octanol–water partition coefficient (Wildman–Crippen LogP) is 10.4. The molecule has 0 aromatic heterocycles. The maximum Gasteiger partial charge on any atom is 0 e. The van der Waals surface area contributed by atoms with E-state index in [9.17, 15) is 0 Å². The van der Waals surface area contributed by atoms with Crippen molar-refractivity contribution in [3.8, 4) is 33.4 Å². The second kappa shape index (κ2) is 12.9. The molecule has 0 nitrogen and oxygen atoms in total. The summed E-state index contributed by atoms with van der Waals surface area (Å²) in [6, 6.07) is 55.0. The molecule has 0 saturated heterocycles. The molecule has 1 radical (unpaired) electrons. The molecule has 0 saturated carbocycles. The Morgan fingerprint density at radius 2 is 0.780 bits per heavy atom. The fourth-order valence-electron chi connectivity index (χ4n) is 5.94. The third-order valence-electron chi connectivity index (χ3n) is 7.93. The van der Waals surface area contributed by atoms with Gasteiger partial charge < -0.3 is 0 Å². The molecule has 6 aromatic carbocycles. The van der Waals surface area contributed by atoms with Crippen molar-refractivity contribution in [3.63, 3.8) is 0 Å². The van der Waals surface area contributed by atoms with Crippen LogP contribution in [0.2, 0.25) is 0 Å². The van der Waals surface area contributed by atoms with Crippen LogP contribution in [0.25, 0.3) is 33.4 Å². The first-order valence-corrected chi connectivity index (χ1v) is 13.9. The van der Waals surface area contributed by atoms with Crippen molar-refractivity contribution >= 4 is 0 Å². The Bertz CT molecular complexity index is 1580. The molecule has 0 heterocycles. The summed E-state index contributed by atoms with van der Waals surface area (Å²) >= 11 is 0. The van der Waals surface area contributed by atoms with Crippen molar-refractivity contribution < 1.29 is 32.7 Å². The molecule has 197 valence electrons. The Labute approximate surface area is 270 Å². The number of hydrogen-bond acceptors (Lipinski definition) is 0. The zero-order chi connectivity index (χ0) is 27.5. The third kappa shape index (κ3) is 5.78. The van der Waals surface area contributed by atoms with Crippen LogP contribution < -0.4 is 0 Å². The van der Waals surface area contributed by atoms with Crippen molar-refractivity contribution in [3.05, 3.63) is 179 Å². The van der Waals surface area contributed by atoms with E-state index in [1.54, 1.807) is 0 Å². The number of rotatable bonds is 6. The summed E-state index contributed by atoms with van der Waals surface area (Å²) in [6.07, 6.45) is 0. The van der Waals surface area contributed by atoms with Gasteiger partial charge in [-0.2, -0.15) is 47.5 Å². The van der Waals surface area contributed by atoms with Gasteiger partial charge in [0.2, 0.25) is 0 Å². The molecule has 0 fully saturated rings. The minimum Gasteiger partial charge on any atom is -0.223 e. The van der Waals surface area contributed by atoms with Gasteiger partial charge in [0.05, 0.1) is 0 Å². The fourth-order valence-corrected chi connectivity index (χ4v) is 5.94. The van der Waals surface area contributed by atoms with Crippen molar-refractivity contribution in [1.29, 1.82) is 0 Å². The van der Waals surface area contributed by atoms with Gasteiger partial charge in [-0.1, -0.05) is 104 Å². The van der Waals surface area contributed by atoms with Crippen LogP contribution in [0, 0.1) is 32.9 Å². The van der Waals surface area contributed by atoms with Crippen molar-refractivity contribution in [2.24, 2.45) is 0 Å². The van der Waals surface area contributed by atoms with E-state index in [0.717, 1.165) is 11.1 Å². The smallest absolute Gasteiger partial charge is 0 e. The minimum absolute atomic E-state index is 0. The molecular weight excluding hydrogens is 569 g/mol. The van der Waals surface area contributed by atoms with Crippen LogP contribution in [0.4, 0.5) is 0 Å². The second-order valence-electron chi connectivity index (χ2n) is 10.5. The quantitative estimate of drug-likeness (QED) is 0.132. The third-order valence-corrected chi connectivity index (χ3v) is 7.93. The first-order valence-electron chi connectivity index (χ1n) is 13.9. The Kier molecular flexibility index (Phi) is 9.13. The number of aryl methyl sites for hydroxylation is 3. The van der Waals surface area contributed by atoms with E-state index in [-0.39, 0.29) is 38.6 Å². The Balaban J connectivity index is 0.00000337. The summed E-state index contributed by atoms with van der Waals surface area (Å²) in [5.41, 5.74) is 14.8. The van der Waals surface area contributed by atoms with Crippen molar-refractivity contribution in [1.82, 2.24) is 0 Å². The van der Waals surface area contributed by atoms with Gasteiger partial charge in [-0.15, -0.1) is 12.1 Å². The summed E-state index contributed by atoms with van der Waals surface area (Å²) < 4.78 is 0. The first kappa shape index (κ1) is 28.9. The average Bonchev–Trinajstić information content (AvgIpc) is 2.99. The van der Waals surface area contributed by atoms with E-state index in [0.29, 0.717) is 0 Å². The SMILES string of the molecule is Cc1ccc[c-]c1-c1[c-]cccc1C(c1ccccc1-c1ccccc1C)c1ccccc1-c1ccccc1C.[Y]. The maximum atomic E-state index is 3.62. The van der Waals surface area contributed by atoms with Gasteiger partial charge in [0.1, 0.15) is 0 Å². The molecule has 6 aromatic rings. The summed E-state index contributed by atoms with van der Waals surface area (Å²) in [5, 5.41) is 0. The zero-order valence-electron chi connectivity index (χ0n) is 23.9. The molecule has 0 aliphatic rings. The van der Waals surface area contributed by atoms with Crippen LogP contribution in [0.5, 0.6) is 0 Å². The molecule has 0 aliphatic carbocycles. The summed E-state index contributed by atoms with van der Waals surface area (Å²) in [4.78, 5) is 0. The van der Waals surface area contributed by atoms with E-state index < -0.39 is 0 Å². The monoisotopic (exact) mass is 601 g/mol. The van der Waals surface area contributed by atoms with Gasteiger partial charge in [0, 0.05) is 32.7 Å². The molecule has 0 spiro atoms. The van der Waals surface area contributed by atoms with E-state index in [1.807, 2.05) is 12.1 Å². The van der Waals surface area contributed by atoms with Crippen molar-refractivity contribution in [2.45, 2.75) is 26.7 Å². The average molecular weight is 602 g/mol. The van der Waals surface area contributed by atoms with Gasteiger partial charge in [-0.05, 0) is 64.3 Å². The fraction of sp³-hybridized carbons (Fsp3) is 0.100. The van der Waals surface area contributed by atoms with Gasteiger partial charge >= 0.3 is 0 Å². The van der Waals surface area contributed by atoms with Crippen LogP contribution in [-0.2, 0) is 32.7 Å². The molecule has 0 unspecified atom stereocenters. The van der Waals surface area contributed by atoms with Crippen LogP contribution >= 0.6 is 0 Å². The summed E-state index contributed by atoms with van der Waals surface area (Å²) in [5.74, 6) is -0.0212. The van der Waals surface area contributed by atoms with Crippen LogP contribution in [0.15, 0.2) is 133 Å². The predicted molar refractivity (Wildman–Crippen MR) is 168 cm³/mol. The maximum absolute atomic E-state index is 3.62. The number of benzene rings is 6. The molecule has 6 rings (SSSR count). The molecule has 0 N–H and O–H groups in total. The molecule has 0 amide bonds. The molecule has 0 atom stereocenters. The van der Waals surface area contributed by atoms with Gasteiger partial charge in [-0.25, -0.2) is 11.1 Å². The largest absolute Gasteiger partial charge is 0.223 e. The van der Waals surface area contributed by atoms with Crippen molar-refractivity contribution in [2.75, 3.05) is 0 Å². The van der Waals surface area contributed by atoms with Crippen LogP contribution in [0.3, 0.4) is 0 Å². The van der Waals surface area contributed by atoms with E-state index >= 15 is 0 Å². The van der Waals surface area contributed by atoms with E-state index in [1.165, 1.54) is 55.6 Å². The Morgan fingerprint density at radius 1 is 0.390 bits per heavy atom. The number of hydrogen-bond donors (Lipinski definition) is 0. The minimum atomic E-state index is -0.0212. The zero-order valence-corrected chi connectivity index (χ0v) is 26.7. The van der Waals surface area contributed by atoms with E-state index in [4.69, 9.17) is 0 Å². The van der Waals surface area contributed by atoms with Gasteiger partial charge in [-0.3, -0.25) is 0 Å². The van der Waals surface area contributed by atoms with Gasteiger partial charge in [0.25, 0.3) is 0 Å². The summed E-state index contributed by atoms with van der Waals surface area (Å²) in [7, 11) is 0. The molecule has 41 heavy (non-hydrogen) atoms. The van der Waals surface area contributed by atoms with Gasteiger partial charge in [0.15, 0.2) is 0 Å². The Hall–Kier alpha value is -3.58. The van der Waals surface area contributed by atoms with E-state index in [2.05, 4.69) is 154 Å². The molecular formula is C40H32Y-2. The topological polar surface area (TPSA) is 0 Å². The standard InChI is InChI=1S/C40H32.Y/c1-28-16-4-7-19-31(28)34-22-10-13-25-37(34)40(38-26-14-11-23-35(38)32-20-8-5-17-29(32)2)39-27-15-12-24-36(39)33-21-9-6-18-30(33)3;/h4-20,22-23,25-27,40H,1-3H3;/q-2;. The van der Waals surface area contributed by atoms with Crippen LogP contribution in [-0.4, -0.2) is 0 Å². The first-order chi connectivity index (χ1) is 19.6. The van der Waals surface area contributed by atoms with Crippen LogP contribution in [0.1, 0.15) is 39.3 Å².